The molecule has 2 aromatic rings. The smallest absolute Gasteiger partial charge is 0.119 e. The van der Waals surface area contributed by atoms with Crippen molar-refractivity contribution >= 4 is 11.4 Å². The second-order valence-corrected chi connectivity index (χ2v) is 6.24. The lowest BCUT2D eigenvalue weighted by Crippen LogP contribution is -2.20. The van der Waals surface area contributed by atoms with Gasteiger partial charge in [-0.05, 0) is 68.5 Å². The number of nitrogens with zero attached hydrogens (tertiary/aromatic N) is 1. The maximum Gasteiger partial charge on any atom is 0.119 e. The normalized spacial score (nSPS) is 16.5. The zero-order chi connectivity index (χ0) is 16.1. The summed E-state index contributed by atoms with van der Waals surface area (Å²) in [5, 5.41) is 0. The Morgan fingerprint density at radius 1 is 1.00 bits per heavy atom. The zero-order valence-corrected chi connectivity index (χ0v) is 14.0. The molecule has 0 spiro atoms. The summed E-state index contributed by atoms with van der Waals surface area (Å²) in [4.78, 5) is 2.41. The summed E-state index contributed by atoms with van der Waals surface area (Å²) >= 11 is 0. The first-order valence-corrected chi connectivity index (χ1v) is 8.41. The van der Waals surface area contributed by atoms with E-state index >= 15 is 0 Å². The monoisotopic (exact) mass is 307 g/mol. The van der Waals surface area contributed by atoms with Gasteiger partial charge in [-0.1, -0.05) is 29.8 Å². The van der Waals surface area contributed by atoms with Crippen LogP contribution in [0.1, 0.15) is 24.8 Å². The molecule has 1 aliphatic rings. The number of rotatable bonds is 6. The molecule has 0 aromatic heterocycles. The van der Waals surface area contributed by atoms with Crippen LogP contribution in [0.25, 0.3) is 0 Å². The van der Waals surface area contributed by atoms with Crippen molar-refractivity contribution in [1.29, 1.82) is 0 Å². The number of hydrogen-bond donors (Lipinski definition) is 0. The fourth-order valence-corrected chi connectivity index (χ4v) is 3.12. The third-order valence-electron chi connectivity index (χ3n) is 4.57. The first-order valence-electron chi connectivity index (χ1n) is 8.41. The number of methoxy groups -OCH3 is 1. The highest BCUT2D eigenvalue weighted by molar-refractivity contribution is 5.64. The van der Waals surface area contributed by atoms with Crippen molar-refractivity contribution in [2.45, 2.75) is 26.2 Å². The van der Waals surface area contributed by atoms with Crippen LogP contribution >= 0.6 is 0 Å². The largest absolute Gasteiger partial charge is 0.497 e. The van der Waals surface area contributed by atoms with Gasteiger partial charge in [0.25, 0.3) is 0 Å². The van der Waals surface area contributed by atoms with Gasteiger partial charge in [0.05, 0.1) is 7.11 Å². The van der Waals surface area contributed by atoms with Crippen molar-refractivity contribution in [3.63, 3.8) is 0 Å². The molecular weight excluding hydrogens is 282 g/mol. The fraction of sp³-hybridized carbons (Fsp3) is 0.333. The van der Waals surface area contributed by atoms with Crippen LogP contribution in [-0.4, -0.2) is 13.7 Å². The molecule has 0 aliphatic heterocycles. The molecule has 0 N–H and O–H groups in total. The molecule has 2 aromatic carbocycles. The average molecular weight is 307 g/mol. The van der Waals surface area contributed by atoms with Gasteiger partial charge in [0, 0.05) is 17.9 Å². The molecule has 0 saturated heterocycles. The fourth-order valence-electron chi connectivity index (χ4n) is 3.12. The van der Waals surface area contributed by atoms with Crippen molar-refractivity contribution in [2.75, 3.05) is 18.6 Å². The Morgan fingerprint density at radius 2 is 1.65 bits per heavy atom. The average Bonchev–Trinajstić information content (AvgIpc) is 3.10. The van der Waals surface area contributed by atoms with E-state index in [1.807, 2.05) is 12.1 Å². The first kappa shape index (κ1) is 15.7. The Bertz CT molecular complexity index is 643. The van der Waals surface area contributed by atoms with Crippen LogP contribution in [0.2, 0.25) is 0 Å². The van der Waals surface area contributed by atoms with E-state index in [1.54, 1.807) is 7.11 Å². The van der Waals surface area contributed by atoms with Crippen LogP contribution in [-0.2, 0) is 0 Å². The molecule has 0 fully saturated rings. The number of anilines is 2. The highest BCUT2D eigenvalue weighted by Crippen LogP contribution is 2.30. The van der Waals surface area contributed by atoms with Gasteiger partial charge in [-0.25, -0.2) is 0 Å². The minimum absolute atomic E-state index is 0.723. The molecule has 0 heterocycles. The summed E-state index contributed by atoms with van der Waals surface area (Å²) in [6.45, 7) is 3.16. The van der Waals surface area contributed by atoms with Crippen LogP contribution in [0.15, 0.2) is 60.7 Å². The topological polar surface area (TPSA) is 12.5 Å². The Labute approximate surface area is 139 Å². The molecule has 1 unspecified atom stereocenters. The van der Waals surface area contributed by atoms with Crippen molar-refractivity contribution in [3.05, 3.63) is 66.2 Å². The van der Waals surface area contributed by atoms with Crippen molar-refractivity contribution in [3.8, 4) is 5.75 Å². The zero-order valence-electron chi connectivity index (χ0n) is 14.0. The molecule has 0 radical (unpaired) electrons. The predicted molar refractivity (Wildman–Crippen MR) is 97.7 cm³/mol. The molecule has 1 aliphatic carbocycles. The molecule has 23 heavy (non-hydrogen) atoms. The van der Waals surface area contributed by atoms with Gasteiger partial charge >= 0.3 is 0 Å². The van der Waals surface area contributed by atoms with E-state index in [9.17, 15) is 0 Å². The highest BCUT2D eigenvalue weighted by Gasteiger charge is 2.14. The highest BCUT2D eigenvalue weighted by atomic mass is 16.5. The van der Waals surface area contributed by atoms with Crippen molar-refractivity contribution < 1.29 is 4.74 Å². The van der Waals surface area contributed by atoms with Crippen LogP contribution in [0.5, 0.6) is 5.75 Å². The molecular formula is C21H25NO. The Kier molecular flexibility index (Phi) is 5.02. The van der Waals surface area contributed by atoms with Crippen molar-refractivity contribution in [2.24, 2.45) is 5.92 Å². The number of allylic oxidation sites excluding steroid dienone is 2. The van der Waals surface area contributed by atoms with Crippen LogP contribution in [0, 0.1) is 12.8 Å². The summed E-state index contributed by atoms with van der Waals surface area (Å²) in [6, 6.07) is 17.1. The van der Waals surface area contributed by atoms with Gasteiger partial charge in [0.1, 0.15) is 5.75 Å². The van der Waals surface area contributed by atoms with E-state index in [4.69, 9.17) is 4.74 Å². The van der Waals surface area contributed by atoms with E-state index in [2.05, 4.69) is 60.4 Å². The molecule has 0 saturated carbocycles. The maximum absolute atomic E-state index is 5.28. The summed E-state index contributed by atoms with van der Waals surface area (Å²) < 4.78 is 5.28. The summed E-state index contributed by atoms with van der Waals surface area (Å²) in [5.41, 5.74) is 3.77. The van der Waals surface area contributed by atoms with Gasteiger partial charge in [0.2, 0.25) is 0 Å². The standard InChI is InChI=1S/C21H25NO/c1-17-7-9-19(10-8-17)22(16-15-18-5-3-4-6-18)20-11-13-21(23-2)14-12-20/h3,5,7-14,18H,4,6,15-16H2,1-2H3. The number of benzene rings is 2. The Morgan fingerprint density at radius 3 is 2.22 bits per heavy atom. The van der Waals surface area contributed by atoms with Gasteiger partial charge in [0.15, 0.2) is 0 Å². The molecule has 0 amide bonds. The van der Waals surface area contributed by atoms with Crippen molar-refractivity contribution in [1.82, 2.24) is 0 Å². The Balaban J connectivity index is 1.81. The molecule has 2 heteroatoms. The van der Waals surface area contributed by atoms with Gasteiger partial charge in [-0.15, -0.1) is 0 Å². The molecule has 2 nitrogen and oxygen atoms in total. The number of aryl methyl sites for hydroxylation is 1. The molecule has 120 valence electrons. The minimum Gasteiger partial charge on any atom is -0.497 e. The van der Waals surface area contributed by atoms with E-state index in [1.165, 1.54) is 36.2 Å². The lowest BCUT2D eigenvalue weighted by Gasteiger charge is -2.26. The van der Waals surface area contributed by atoms with Gasteiger partial charge in [-0.2, -0.15) is 0 Å². The maximum atomic E-state index is 5.28. The first-order chi connectivity index (χ1) is 11.3. The third-order valence-corrected chi connectivity index (χ3v) is 4.57. The predicted octanol–water partition coefficient (Wildman–Crippen LogP) is 5.50. The molecule has 1 atom stereocenters. The SMILES string of the molecule is COc1ccc(N(CCC2C=CCC2)c2ccc(C)cc2)cc1. The summed E-state index contributed by atoms with van der Waals surface area (Å²) in [5.74, 6) is 1.62. The number of hydrogen-bond acceptors (Lipinski definition) is 2. The van der Waals surface area contributed by atoms with E-state index < -0.39 is 0 Å². The van der Waals surface area contributed by atoms with E-state index in [0.717, 1.165) is 18.2 Å². The minimum atomic E-state index is 0.723. The summed E-state index contributed by atoms with van der Waals surface area (Å²) in [6.07, 6.45) is 8.41. The van der Waals surface area contributed by atoms with Crippen LogP contribution in [0.3, 0.4) is 0 Å². The second kappa shape index (κ2) is 7.36. The lowest BCUT2D eigenvalue weighted by molar-refractivity contribution is 0.415. The quantitative estimate of drug-likeness (QED) is 0.654. The van der Waals surface area contributed by atoms with Crippen LogP contribution < -0.4 is 9.64 Å². The lowest BCUT2D eigenvalue weighted by atomic mass is 10.0. The molecule has 3 rings (SSSR count). The van der Waals surface area contributed by atoms with Gasteiger partial charge in [-0.3, -0.25) is 0 Å². The van der Waals surface area contributed by atoms with E-state index in [-0.39, 0.29) is 0 Å². The molecule has 0 bridgehead atoms. The Hall–Kier alpha value is -2.22. The third kappa shape index (κ3) is 3.95. The number of ether oxygens (including phenoxy) is 1. The van der Waals surface area contributed by atoms with Gasteiger partial charge < -0.3 is 9.64 Å². The summed E-state index contributed by atoms with van der Waals surface area (Å²) in [7, 11) is 1.71. The second-order valence-electron chi connectivity index (χ2n) is 6.24. The van der Waals surface area contributed by atoms with Crippen LogP contribution in [0.4, 0.5) is 11.4 Å². The van der Waals surface area contributed by atoms with E-state index in [0.29, 0.717) is 0 Å².